The third-order valence-electron chi connectivity index (χ3n) is 3.39. The molecule has 0 amide bonds. The van der Waals surface area contributed by atoms with E-state index in [1.807, 2.05) is 0 Å². The molecular weight excluding hydrogens is 392 g/mol. The van der Waals surface area contributed by atoms with Crippen LogP contribution >= 0.6 is 11.6 Å². The van der Waals surface area contributed by atoms with Gasteiger partial charge in [-0.05, 0) is 30.3 Å². The number of hydrogen-bond donors (Lipinski definition) is 0. The summed E-state index contributed by atoms with van der Waals surface area (Å²) in [6, 6.07) is 5.89. The molecule has 0 unspecified atom stereocenters. The number of halogens is 3. The van der Waals surface area contributed by atoms with Crippen molar-refractivity contribution in [3.8, 4) is 5.75 Å². The van der Waals surface area contributed by atoms with Gasteiger partial charge in [-0.1, -0.05) is 11.6 Å². The van der Waals surface area contributed by atoms with Crippen molar-refractivity contribution in [1.82, 2.24) is 0 Å². The molecule has 0 aliphatic carbocycles. The Hall–Kier alpha value is -2.39. The molecule has 26 heavy (non-hydrogen) atoms. The van der Waals surface area contributed by atoms with Crippen LogP contribution in [0, 0.1) is 11.6 Å². The summed E-state index contributed by atoms with van der Waals surface area (Å²) in [5.41, 5.74) is -0.510. The van der Waals surface area contributed by atoms with Crippen LogP contribution in [0.1, 0.15) is 0 Å². The molecule has 0 aromatic heterocycles. The molecule has 0 spiro atoms. The average molecular weight is 406 g/mol. The minimum atomic E-state index is -4.41. The highest BCUT2D eigenvalue weighted by Crippen LogP contribution is 2.31. The highest BCUT2D eigenvalue weighted by molar-refractivity contribution is 7.92. The van der Waals surface area contributed by atoms with E-state index >= 15 is 0 Å². The molecule has 6 nitrogen and oxygen atoms in total. The molecular formula is C16H14ClF2NO5S. The number of esters is 1. The van der Waals surface area contributed by atoms with Gasteiger partial charge in [0, 0.05) is 6.07 Å². The third kappa shape index (κ3) is 4.05. The largest absolute Gasteiger partial charge is 0.495 e. The second-order valence-electron chi connectivity index (χ2n) is 4.98. The first kappa shape index (κ1) is 19.9. The molecule has 140 valence electrons. The highest BCUT2D eigenvalue weighted by atomic mass is 35.5. The van der Waals surface area contributed by atoms with Crippen LogP contribution in [0.15, 0.2) is 41.3 Å². The van der Waals surface area contributed by atoms with Crippen LogP contribution in [-0.4, -0.2) is 35.2 Å². The summed E-state index contributed by atoms with van der Waals surface area (Å²) in [6.45, 7) is -0.814. The molecule has 0 atom stereocenters. The third-order valence-corrected chi connectivity index (χ3v) is 5.44. The first-order chi connectivity index (χ1) is 12.2. The van der Waals surface area contributed by atoms with E-state index in [1.54, 1.807) is 0 Å². The van der Waals surface area contributed by atoms with Gasteiger partial charge in [-0.2, -0.15) is 0 Å². The summed E-state index contributed by atoms with van der Waals surface area (Å²) in [4.78, 5) is 11.3. The number of sulfonamides is 1. The van der Waals surface area contributed by atoms with E-state index in [4.69, 9.17) is 16.3 Å². The van der Waals surface area contributed by atoms with Gasteiger partial charge >= 0.3 is 5.97 Å². The lowest BCUT2D eigenvalue weighted by molar-refractivity contribution is -0.138. The van der Waals surface area contributed by atoms with Crippen LogP contribution in [-0.2, 0) is 19.6 Å². The summed E-state index contributed by atoms with van der Waals surface area (Å²) in [5, 5.41) is 0.00571. The predicted molar refractivity (Wildman–Crippen MR) is 90.9 cm³/mol. The molecule has 0 aliphatic rings. The smallest absolute Gasteiger partial charge is 0.326 e. The Morgan fingerprint density at radius 2 is 1.85 bits per heavy atom. The number of carbonyl (C=O) groups is 1. The van der Waals surface area contributed by atoms with Crippen molar-refractivity contribution < 1.29 is 31.5 Å². The zero-order valence-corrected chi connectivity index (χ0v) is 15.3. The Morgan fingerprint density at radius 1 is 1.15 bits per heavy atom. The molecule has 0 fully saturated rings. The molecule has 2 aromatic carbocycles. The lowest BCUT2D eigenvalue weighted by Crippen LogP contribution is -2.37. The second-order valence-corrected chi connectivity index (χ2v) is 7.25. The first-order valence-corrected chi connectivity index (χ1v) is 8.90. The predicted octanol–water partition coefficient (Wildman–Crippen LogP) is 3.00. The Balaban J connectivity index is 2.59. The van der Waals surface area contributed by atoms with Crippen molar-refractivity contribution in [2.45, 2.75) is 4.90 Å². The fourth-order valence-electron chi connectivity index (χ4n) is 2.10. The molecule has 2 rings (SSSR count). The van der Waals surface area contributed by atoms with E-state index in [1.165, 1.54) is 19.2 Å². The van der Waals surface area contributed by atoms with E-state index in [-0.39, 0.29) is 15.7 Å². The summed E-state index contributed by atoms with van der Waals surface area (Å²) in [7, 11) is -2.00. The molecule has 0 saturated heterocycles. The van der Waals surface area contributed by atoms with E-state index in [0.717, 1.165) is 25.3 Å². The fraction of sp³-hybridized carbons (Fsp3) is 0.188. The molecule has 0 bridgehead atoms. The van der Waals surface area contributed by atoms with Gasteiger partial charge in [-0.3, -0.25) is 9.10 Å². The molecule has 10 heteroatoms. The van der Waals surface area contributed by atoms with E-state index in [9.17, 15) is 22.0 Å². The summed E-state index contributed by atoms with van der Waals surface area (Å²) in [6.07, 6.45) is 0. The van der Waals surface area contributed by atoms with Gasteiger partial charge in [-0.25, -0.2) is 17.2 Å². The highest BCUT2D eigenvalue weighted by Gasteiger charge is 2.30. The van der Waals surface area contributed by atoms with E-state index in [0.29, 0.717) is 10.4 Å². The number of carbonyl (C=O) groups excluding carboxylic acids is 1. The van der Waals surface area contributed by atoms with Crippen molar-refractivity contribution >= 4 is 33.3 Å². The van der Waals surface area contributed by atoms with E-state index in [2.05, 4.69) is 4.74 Å². The van der Waals surface area contributed by atoms with Gasteiger partial charge in [0.25, 0.3) is 10.0 Å². The maximum Gasteiger partial charge on any atom is 0.326 e. The number of ether oxygens (including phenoxy) is 2. The minimum absolute atomic E-state index is 0.00571. The average Bonchev–Trinajstić information content (AvgIpc) is 2.59. The molecule has 0 N–H and O–H groups in total. The number of anilines is 1. The van der Waals surface area contributed by atoms with Crippen LogP contribution in [0.4, 0.5) is 14.5 Å². The maximum absolute atomic E-state index is 14.2. The number of methoxy groups -OCH3 is 2. The Bertz CT molecular complexity index is 936. The monoisotopic (exact) mass is 405 g/mol. The standard InChI is InChI=1S/C16H14ClF2NO5S/c1-24-15-6-4-11(8-12(15)17)26(22,23)20(9-16(21)25-2)14-5-3-10(18)7-13(14)19/h3-8H,9H2,1-2H3. The quantitative estimate of drug-likeness (QED) is 0.691. The molecule has 0 saturated carbocycles. The summed E-state index contributed by atoms with van der Waals surface area (Å²) >= 11 is 5.95. The zero-order chi connectivity index (χ0) is 19.5. The van der Waals surface area contributed by atoms with Crippen LogP contribution in [0.25, 0.3) is 0 Å². The minimum Gasteiger partial charge on any atom is -0.495 e. The topological polar surface area (TPSA) is 72.9 Å². The van der Waals surface area contributed by atoms with Crippen LogP contribution in [0.3, 0.4) is 0 Å². The van der Waals surface area contributed by atoms with Gasteiger partial charge in [0.05, 0.1) is 29.8 Å². The maximum atomic E-state index is 14.2. The van der Waals surface area contributed by atoms with Gasteiger partial charge in [0.15, 0.2) is 0 Å². The molecule has 0 radical (unpaired) electrons. The molecule has 2 aromatic rings. The van der Waals surface area contributed by atoms with Gasteiger partial charge in [0.1, 0.15) is 23.9 Å². The number of rotatable bonds is 6. The number of hydrogen-bond acceptors (Lipinski definition) is 5. The fourth-order valence-corrected chi connectivity index (χ4v) is 3.87. The van der Waals surface area contributed by atoms with Crippen molar-refractivity contribution in [2.24, 2.45) is 0 Å². The second kappa shape index (κ2) is 7.88. The number of nitrogens with zero attached hydrogens (tertiary/aromatic N) is 1. The molecule has 0 aliphatic heterocycles. The lowest BCUT2D eigenvalue weighted by atomic mass is 10.3. The van der Waals surface area contributed by atoms with Crippen LogP contribution in [0.5, 0.6) is 5.75 Å². The van der Waals surface area contributed by atoms with Gasteiger partial charge < -0.3 is 9.47 Å². The first-order valence-electron chi connectivity index (χ1n) is 7.09. The Morgan fingerprint density at radius 3 is 2.38 bits per heavy atom. The van der Waals surface area contributed by atoms with Gasteiger partial charge in [-0.15, -0.1) is 0 Å². The van der Waals surface area contributed by atoms with Crippen LogP contribution < -0.4 is 9.04 Å². The van der Waals surface area contributed by atoms with Crippen LogP contribution in [0.2, 0.25) is 5.02 Å². The summed E-state index contributed by atoms with van der Waals surface area (Å²) < 4.78 is 63.1. The van der Waals surface area contributed by atoms with Crippen molar-refractivity contribution in [3.63, 3.8) is 0 Å². The van der Waals surface area contributed by atoms with E-state index < -0.39 is 39.9 Å². The number of benzene rings is 2. The van der Waals surface area contributed by atoms with Crippen molar-refractivity contribution in [3.05, 3.63) is 53.1 Å². The molecule has 0 heterocycles. The summed E-state index contributed by atoms with van der Waals surface area (Å²) in [5.74, 6) is -2.75. The van der Waals surface area contributed by atoms with Crippen molar-refractivity contribution in [1.29, 1.82) is 0 Å². The Labute approximate surface area is 153 Å². The lowest BCUT2D eigenvalue weighted by Gasteiger charge is -2.24. The normalized spacial score (nSPS) is 11.1. The Kier molecular flexibility index (Phi) is 6.04. The van der Waals surface area contributed by atoms with Gasteiger partial charge in [0.2, 0.25) is 0 Å². The zero-order valence-electron chi connectivity index (χ0n) is 13.7. The SMILES string of the molecule is COC(=O)CN(c1ccc(F)cc1F)S(=O)(=O)c1ccc(OC)c(Cl)c1. The van der Waals surface area contributed by atoms with Crippen molar-refractivity contribution in [2.75, 3.05) is 25.1 Å².